The third kappa shape index (κ3) is 11.1. The summed E-state index contributed by atoms with van der Waals surface area (Å²) in [6.45, 7) is 14.0. The third-order valence-corrected chi connectivity index (χ3v) is 8.31. The van der Waals surface area contributed by atoms with Crippen molar-refractivity contribution in [2.24, 2.45) is 0 Å². The number of rotatable bonds is 4. The number of imide groups is 1. The van der Waals surface area contributed by atoms with Gasteiger partial charge in [-0.2, -0.15) is 0 Å². The molecule has 262 valence electrons. The summed E-state index contributed by atoms with van der Waals surface area (Å²) >= 11 is 0. The van der Waals surface area contributed by atoms with Crippen molar-refractivity contribution < 1.29 is 28.7 Å². The fraction of sp³-hybridized carbons (Fsp3) is 0.600. The van der Waals surface area contributed by atoms with E-state index < -0.39 is 17.2 Å². The Kier molecular flexibility index (Phi) is 11.9. The van der Waals surface area contributed by atoms with Crippen LogP contribution in [0.15, 0.2) is 36.7 Å². The first-order chi connectivity index (χ1) is 22.6. The number of amides is 4. The summed E-state index contributed by atoms with van der Waals surface area (Å²) in [5.41, 5.74) is 8.20. The van der Waals surface area contributed by atoms with Crippen molar-refractivity contribution >= 4 is 35.4 Å². The highest BCUT2D eigenvalue weighted by Gasteiger charge is 2.30. The van der Waals surface area contributed by atoms with E-state index in [1.807, 2.05) is 65.8 Å². The summed E-state index contributed by atoms with van der Waals surface area (Å²) in [5.74, 6) is 0.168. The molecule has 2 aromatic heterocycles. The minimum atomic E-state index is -0.485. The summed E-state index contributed by atoms with van der Waals surface area (Å²) < 4.78 is 10.8. The van der Waals surface area contributed by atoms with Gasteiger partial charge in [0.05, 0.1) is 23.8 Å². The molecular formula is C35H51N7O6. The van der Waals surface area contributed by atoms with Crippen molar-refractivity contribution in [1.82, 2.24) is 25.1 Å². The average molecular weight is 666 g/mol. The molecule has 4 amide bonds. The normalized spacial score (nSPS) is 19.5. The lowest BCUT2D eigenvalue weighted by atomic mass is 9.93. The van der Waals surface area contributed by atoms with E-state index in [1.54, 1.807) is 22.2 Å². The smallest absolute Gasteiger partial charge is 0.410 e. The quantitative estimate of drug-likeness (QED) is 0.370. The number of carbonyl (C=O) groups excluding carboxylic acids is 4. The number of anilines is 2. The highest BCUT2D eigenvalue weighted by Crippen LogP contribution is 2.29. The third-order valence-electron chi connectivity index (χ3n) is 8.31. The van der Waals surface area contributed by atoms with Crippen molar-refractivity contribution in [2.75, 3.05) is 37.2 Å². The lowest BCUT2D eigenvalue weighted by molar-refractivity contribution is -0.133. The van der Waals surface area contributed by atoms with Crippen LogP contribution in [-0.2, 0) is 19.1 Å². The first-order valence-corrected chi connectivity index (χ1v) is 16.8. The number of piperidine rings is 3. The zero-order valence-corrected chi connectivity index (χ0v) is 29.1. The molecule has 0 radical (unpaired) electrons. The predicted octanol–water partition coefficient (Wildman–Crippen LogP) is 5.19. The highest BCUT2D eigenvalue weighted by molar-refractivity contribution is 6.01. The van der Waals surface area contributed by atoms with Crippen molar-refractivity contribution in [3.63, 3.8) is 0 Å². The SMILES string of the molecule is CC(C)(C)OC(=O)N1CCC(c2ccc(N)cn2)CC1.CC(C)(C)OC(=O)N1CCC(c2ccc(NC3CCC(=O)NC3=O)cn2)CC1. The Labute approximate surface area is 283 Å². The van der Waals surface area contributed by atoms with E-state index in [-0.39, 0.29) is 24.0 Å². The molecule has 3 saturated heterocycles. The van der Waals surface area contributed by atoms with Crippen molar-refractivity contribution in [1.29, 1.82) is 0 Å². The number of aromatic nitrogens is 2. The Bertz CT molecular complexity index is 1400. The summed E-state index contributed by atoms with van der Waals surface area (Å²) in [4.78, 5) is 59.6. The average Bonchev–Trinajstić information content (AvgIpc) is 3.02. The van der Waals surface area contributed by atoms with Crippen LogP contribution in [0.2, 0.25) is 0 Å². The topological polar surface area (TPSA) is 169 Å². The van der Waals surface area contributed by atoms with Gasteiger partial charge in [0.1, 0.15) is 17.2 Å². The van der Waals surface area contributed by atoms with Crippen LogP contribution in [0.5, 0.6) is 0 Å². The minimum absolute atomic E-state index is 0.221. The second kappa shape index (κ2) is 15.7. The fourth-order valence-corrected chi connectivity index (χ4v) is 5.79. The molecule has 0 saturated carbocycles. The summed E-state index contributed by atoms with van der Waals surface area (Å²) in [7, 11) is 0. The number of nitrogens with two attached hydrogens (primary N) is 1. The maximum absolute atomic E-state index is 12.2. The van der Waals surface area contributed by atoms with Crippen LogP contribution in [0, 0.1) is 0 Å². The zero-order valence-electron chi connectivity index (χ0n) is 29.1. The highest BCUT2D eigenvalue weighted by atomic mass is 16.6. The molecule has 0 spiro atoms. The van der Waals surface area contributed by atoms with Gasteiger partial charge in [-0.15, -0.1) is 0 Å². The van der Waals surface area contributed by atoms with Gasteiger partial charge in [-0.25, -0.2) is 9.59 Å². The van der Waals surface area contributed by atoms with Gasteiger partial charge in [-0.3, -0.25) is 24.9 Å². The van der Waals surface area contributed by atoms with Crippen molar-refractivity contribution in [3.8, 4) is 0 Å². The van der Waals surface area contributed by atoms with Crippen LogP contribution >= 0.6 is 0 Å². The van der Waals surface area contributed by atoms with Gasteiger partial charge < -0.3 is 30.3 Å². The largest absolute Gasteiger partial charge is 0.444 e. The Morgan fingerprint density at radius 1 is 0.771 bits per heavy atom. The molecule has 1 unspecified atom stereocenters. The number of likely N-dealkylation sites (tertiary alicyclic amines) is 2. The number of ether oxygens (including phenoxy) is 2. The number of nitrogen functional groups attached to an aromatic ring is 1. The molecule has 1 atom stereocenters. The standard InChI is InChI=1S/C20H28N4O4.C15H23N3O2/c1-20(2,3)28-19(27)24-10-8-13(9-11-24)15-5-4-14(12-21-15)22-16-6-7-17(25)23-18(16)26;1-15(2,3)20-14(19)18-8-6-11(7-9-18)13-5-4-12(16)10-17-13/h4-5,12-13,16,22H,6-11H2,1-3H3,(H,23,25,26);4-5,10-11H,6-9,16H2,1-3H3. The Balaban J connectivity index is 0.000000229. The lowest BCUT2D eigenvalue weighted by Gasteiger charge is -2.33. The van der Waals surface area contributed by atoms with E-state index in [0.29, 0.717) is 56.5 Å². The second-order valence-corrected chi connectivity index (χ2v) is 14.6. The van der Waals surface area contributed by atoms with E-state index in [2.05, 4.69) is 20.6 Å². The monoisotopic (exact) mass is 665 g/mol. The van der Waals surface area contributed by atoms with E-state index >= 15 is 0 Å². The van der Waals surface area contributed by atoms with Crippen LogP contribution in [-0.4, -0.2) is 87.2 Å². The molecule has 3 aliphatic heterocycles. The summed E-state index contributed by atoms with van der Waals surface area (Å²) in [6.07, 6.45) is 7.25. The van der Waals surface area contributed by atoms with E-state index in [9.17, 15) is 19.2 Å². The number of pyridine rings is 2. The Morgan fingerprint density at radius 2 is 1.25 bits per heavy atom. The van der Waals surface area contributed by atoms with Gasteiger partial charge in [-0.05, 0) is 97.9 Å². The Hall–Kier alpha value is -4.42. The van der Waals surface area contributed by atoms with Gasteiger partial charge >= 0.3 is 12.2 Å². The summed E-state index contributed by atoms with van der Waals surface area (Å²) in [6, 6.07) is 7.31. The molecule has 0 aliphatic carbocycles. The predicted molar refractivity (Wildman–Crippen MR) is 182 cm³/mol. The van der Waals surface area contributed by atoms with Gasteiger partial charge in [0.25, 0.3) is 0 Å². The van der Waals surface area contributed by atoms with Gasteiger partial charge in [-0.1, -0.05) is 0 Å². The van der Waals surface area contributed by atoms with E-state index in [1.165, 1.54) is 0 Å². The van der Waals surface area contributed by atoms with Crippen LogP contribution in [0.4, 0.5) is 21.0 Å². The number of hydrogen-bond donors (Lipinski definition) is 3. The molecule has 0 aromatic carbocycles. The lowest BCUT2D eigenvalue weighted by Crippen LogP contribution is -2.47. The van der Waals surface area contributed by atoms with Crippen LogP contribution in [0.1, 0.15) is 103 Å². The maximum atomic E-state index is 12.2. The molecule has 2 aromatic rings. The molecule has 5 rings (SSSR count). The molecular weight excluding hydrogens is 614 g/mol. The molecule has 48 heavy (non-hydrogen) atoms. The van der Waals surface area contributed by atoms with Crippen molar-refractivity contribution in [2.45, 2.75) is 109 Å². The second-order valence-electron chi connectivity index (χ2n) is 14.6. The van der Waals surface area contributed by atoms with Crippen LogP contribution in [0.3, 0.4) is 0 Å². The molecule has 0 bridgehead atoms. The fourth-order valence-electron chi connectivity index (χ4n) is 5.79. The maximum Gasteiger partial charge on any atom is 0.410 e. The van der Waals surface area contributed by atoms with E-state index in [0.717, 1.165) is 42.8 Å². The first kappa shape index (κ1) is 36.4. The molecule has 13 heteroatoms. The molecule has 13 nitrogen and oxygen atoms in total. The van der Waals surface area contributed by atoms with Gasteiger partial charge in [0.2, 0.25) is 11.8 Å². The van der Waals surface area contributed by atoms with Crippen LogP contribution < -0.4 is 16.4 Å². The number of carbonyl (C=O) groups is 4. The molecule has 3 fully saturated rings. The first-order valence-electron chi connectivity index (χ1n) is 16.8. The Morgan fingerprint density at radius 3 is 1.65 bits per heavy atom. The molecule has 5 heterocycles. The number of nitrogens with zero attached hydrogens (tertiary/aromatic N) is 4. The number of hydrogen-bond acceptors (Lipinski definition) is 10. The summed E-state index contributed by atoms with van der Waals surface area (Å²) in [5, 5.41) is 5.47. The molecule has 3 aliphatic rings. The van der Waals surface area contributed by atoms with Crippen molar-refractivity contribution in [3.05, 3.63) is 48.0 Å². The van der Waals surface area contributed by atoms with Gasteiger partial charge in [0.15, 0.2) is 0 Å². The van der Waals surface area contributed by atoms with E-state index in [4.69, 9.17) is 15.2 Å². The minimum Gasteiger partial charge on any atom is -0.444 e. The zero-order chi connectivity index (χ0) is 35.1. The van der Waals surface area contributed by atoms with Gasteiger partial charge in [0, 0.05) is 55.8 Å². The molecule has 4 N–H and O–H groups in total. The van der Waals surface area contributed by atoms with Crippen LogP contribution in [0.25, 0.3) is 0 Å². The number of nitrogens with one attached hydrogen (secondary N) is 2.